The van der Waals surface area contributed by atoms with E-state index in [1.165, 1.54) is 7.05 Å². The third-order valence-electron chi connectivity index (χ3n) is 2.28. The lowest BCUT2D eigenvalue weighted by Crippen LogP contribution is -2.24. The first-order valence-electron chi connectivity index (χ1n) is 4.57. The number of hydrogen-bond acceptors (Lipinski definition) is 3. The van der Waals surface area contributed by atoms with Gasteiger partial charge in [-0.15, -0.1) is 0 Å². The topological polar surface area (TPSA) is 49.7 Å². The lowest BCUT2D eigenvalue weighted by molar-refractivity contribution is -0.138. The molecule has 0 aliphatic carbocycles. The second kappa shape index (κ2) is 3.31. The maximum absolute atomic E-state index is 11.5. The molecule has 15 heavy (non-hydrogen) atoms. The van der Waals surface area contributed by atoms with Crippen LogP contribution in [0.25, 0.3) is 0 Å². The smallest absolute Gasteiger partial charge is 0.281 e. The van der Waals surface area contributed by atoms with Gasteiger partial charge in [0.25, 0.3) is 5.78 Å². The second-order valence-corrected chi connectivity index (χ2v) is 3.47. The summed E-state index contributed by atoms with van der Waals surface area (Å²) in [6.45, 7) is 1.96. The Morgan fingerprint density at radius 3 is 2.20 bits per heavy atom. The number of Topliss-reactive ketones (excluding diaryl/α,β-unsaturated/α-hetero) is 1. The van der Waals surface area contributed by atoms with Crippen molar-refractivity contribution in [2.45, 2.75) is 6.92 Å². The Morgan fingerprint density at radius 1 is 1.13 bits per heavy atom. The van der Waals surface area contributed by atoms with Crippen molar-refractivity contribution in [1.82, 2.24) is 5.01 Å². The van der Waals surface area contributed by atoms with E-state index in [1.54, 1.807) is 12.1 Å². The molecule has 2 rings (SSSR count). The first kappa shape index (κ1) is 9.58. The number of benzene rings is 1. The van der Waals surface area contributed by atoms with Crippen LogP contribution >= 0.6 is 0 Å². The van der Waals surface area contributed by atoms with Crippen molar-refractivity contribution in [3.63, 3.8) is 0 Å². The monoisotopic (exact) mass is 202 g/mol. The van der Waals surface area contributed by atoms with Crippen LogP contribution in [0.3, 0.4) is 0 Å². The van der Waals surface area contributed by atoms with E-state index in [4.69, 9.17) is 0 Å². The Kier molecular flexibility index (Phi) is 2.11. The van der Waals surface area contributed by atoms with Crippen LogP contribution < -0.4 is 0 Å². The summed E-state index contributed by atoms with van der Waals surface area (Å²) in [6.07, 6.45) is 0. The van der Waals surface area contributed by atoms with Crippen LogP contribution in [-0.4, -0.2) is 29.5 Å². The van der Waals surface area contributed by atoms with Crippen LogP contribution in [0.1, 0.15) is 11.1 Å². The van der Waals surface area contributed by atoms with Crippen molar-refractivity contribution in [3.8, 4) is 0 Å². The number of hydrazone groups is 1. The molecule has 76 valence electrons. The maximum Gasteiger partial charge on any atom is 0.316 e. The standard InChI is InChI=1S/C11H10N2O2/c1-7-3-5-8(6-4-7)9-10(14)11(15)13(2)12-9/h3-6H,1-2H3. The maximum atomic E-state index is 11.5. The molecule has 0 spiro atoms. The van der Waals surface area contributed by atoms with Gasteiger partial charge in [-0.2, -0.15) is 5.10 Å². The average molecular weight is 202 g/mol. The molecular weight excluding hydrogens is 192 g/mol. The van der Waals surface area contributed by atoms with Crippen molar-refractivity contribution >= 4 is 17.4 Å². The molecule has 1 heterocycles. The molecule has 0 aromatic heterocycles. The SMILES string of the molecule is Cc1ccc(C2=NN(C)C(=O)C2=O)cc1. The van der Waals surface area contributed by atoms with Crippen molar-refractivity contribution in [2.75, 3.05) is 7.05 Å². The zero-order valence-electron chi connectivity index (χ0n) is 8.52. The van der Waals surface area contributed by atoms with Crippen LogP contribution in [0.4, 0.5) is 0 Å². The fourth-order valence-electron chi connectivity index (χ4n) is 1.39. The summed E-state index contributed by atoms with van der Waals surface area (Å²) < 4.78 is 0. The number of ketones is 1. The molecule has 0 fully saturated rings. The van der Waals surface area contributed by atoms with Crippen molar-refractivity contribution in [2.24, 2.45) is 5.10 Å². The summed E-state index contributed by atoms with van der Waals surface area (Å²) in [5.41, 5.74) is 2.01. The minimum atomic E-state index is -0.578. The average Bonchev–Trinajstić information content (AvgIpc) is 2.47. The number of aryl methyl sites for hydroxylation is 1. The molecule has 1 aromatic carbocycles. The first-order valence-corrected chi connectivity index (χ1v) is 4.57. The summed E-state index contributed by atoms with van der Waals surface area (Å²) in [6, 6.07) is 7.35. The minimum absolute atomic E-state index is 0.225. The fraction of sp³-hybridized carbons (Fsp3) is 0.182. The Balaban J connectivity index is 2.41. The van der Waals surface area contributed by atoms with Gasteiger partial charge in [0.2, 0.25) is 0 Å². The Labute approximate surface area is 87.2 Å². The van der Waals surface area contributed by atoms with Crippen molar-refractivity contribution < 1.29 is 9.59 Å². The zero-order valence-corrected chi connectivity index (χ0v) is 8.52. The fourth-order valence-corrected chi connectivity index (χ4v) is 1.39. The quantitative estimate of drug-likeness (QED) is 0.631. The number of nitrogens with zero attached hydrogens (tertiary/aromatic N) is 2. The van der Waals surface area contributed by atoms with E-state index < -0.39 is 11.7 Å². The van der Waals surface area contributed by atoms with E-state index in [9.17, 15) is 9.59 Å². The van der Waals surface area contributed by atoms with Gasteiger partial charge in [-0.05, 0) is 6.92 Å². The van der Waals surface area contributed by atoms with Crippen LogP contribution in [0.2, 0.25) is 0 Å². The number of carbonyl (C=O) groups excluding carboxylic acids is 2. The van der Waals surface area contributed by atoms with Crippen LogP contribution in [0.15, 0.2) is 29.4 Å². The highest BCUT2D eigenvalue weighted by atomic mass is 16.2. The number of likely N-dealkylation sites (N-methyl/N-ethyl adjacent to an activating group) is 1. The highest BCUT2D eigenvalue weighted by Crippen LogP contribution is 2.11. The largest absolute Gasteiger partial charge is 0.316 e. The van der Waals surface area contributed by atoms with E-state index in [0.717, 1.165) is 10.6 Å². The Hall–Kier alpha value is -1.97. The minimum Gasteiger partial charge on any atom is -0.281 e. The number of carbonyl (C=O) groups is 2. The summed E-state index contributed by atoms with van der Waals surface area (Å²) >= 11 is 0. The van der Waals surface area contributed by atoms with E-state index in [1.807, 2.05) is 19.1 Å². The van der Waals surface area contributed by atoms with Crippen molar-refractivity contribution in [3.05, 3.63) is 35.4 Å². The Bertz CT molecular complexity index is 460. The van der Waals surface area contributed by atoms with Crippen LogP contribution in [-0.2, 0) is 9.59 Å². The molecule has 1 aromatic rings. The molecule has 0 unspecified atom stereocenters. The number of rotatable bonds is 1. The molecule has 4 nitrogen and oxygen atoms in total. The first-order chi connectivity index (χ1) is 7.09. The van der Waals surface area contributed by atoms with Gasteiger partial charge in [0.15, 0.2) is 0 Å². The zero-order chi connectivity index (χ0) is 11.0. The molecule has 1 aliphatic rings. The predicted molar refractivity (Wildman–Crippen MR) is 55.5 cm³/mol. The molecule has 0 saturated heterocycles. The lowest BCUT2D eigenvalue weighted by Gasteiger charge is -1.98. The third-order valence-corrected chi connectivity index (χ3v) is 2.28. The number of hydrogen-bond donors (Lipinski definition) is 0. The summed E-state index contributed by atoms with van der Waals surface area (Å²) in [7, 11) is 1.47. The van der Waals surface area contributed by atoms with E-state index in [-0.39, 0.29) is 5.71 Å². The van der Waals surface area contributed by atoms with E-state index in [0.29, 0.717) is 5.56 Å². The second-order valence-electron chi connectivity index (χ2n) is 3.47. The molecule has 1 aliphatic heterocycles. The molecule has 0 atom stereocenters. The molecule has 0 radical (unpaired) electrons. The summed E-state index contributed by atoms with van der Waals surface area (Å²) in [5, 5.41) is 4.97. The molecule has 1 amide bonds. The lowest BCUT2D eigenvalue weighted by atomic mass is 10.1. The highest BCUT2D eigenvalue weighted by molar-refractivity contribution is 6.69. The summed E-state index contributed by atoms with van der Waals surface area (Å²) in [4.78, 5) is 22.7. The van der Waals surface area contributed by atoms with Crippen LogP contribution in [0.5, 0.6) is 0 Å². The third kappa shape index (κ3) is 1.54. The van der Waals surface area contributed by atoms with Gasteiger partial charge in [-0.1, -0.05) is 29.8 Å². The van der Waals surface area contributed by atoms with E-state index in [2.05, 4.69) is 5.10 Å². The van der Waals surface area contributed by atoms with Gasteiger partial charge in [0.05, 0.1) is 0 Å². The van der Waals surface area contributed by atoms with E-state index >= 15 is 0 Å². The molecular formula is C11H10N2O2. The van der Waals surface area contributed by atoms with Crippen LogP contribution in [0, 0.1) is 6.92 Å². The van der Waals surface area contributed by atoms with Crippen molar-refractivity contribution in [1.29, 1.82) is 0 Å². The summed E-state index contributed by atoms with van der Waals surface area (Å²) in [5.74, 6) is -1.12. The Morgan fingerprint density at radius 2 is 1.73 bits per heavy atom. The normalized spacial score (nSPS) is 15.9. The van der Waals surface area contributed by atoms with Gasteiger partial charge in [0, 0.05) is 12.6 Å². The van der Waals surface area contributed by atoms with Gasteiger partial charge >= 0.3 is 5.91 Å². The predicted octanol–water partition coefficient (Wildman–Crippen LogP) is 0.740. The highest BCUT2D eigenvalue weighted by Gasteiger charge is 2.32. The van der Waals surface area contributed by atoms with Gasteiger partial charge < -0.3 is 0 Å². The molecule has 0 N–H and O–H groups in total. The number of amides is 1. The van der Waals surface area contributed by atoms with Gasteiger partial charge in [-0.3, -0.25) is 9.59 Å². The molecule has 4 heteroatoms. The molecule has 0 saturated carbocycles. The van der Waals surface area contributed by atoms with Gasteiger partial charge in [-0.25, -0.2) is 5.01 Å². The molecule has 0 bridgehead atoms. The van der Waals surface area contributed by atoms with Gasteiger partial charge in [0.1, 0.15) is 5.71 Å².